The third kappa shape index (κ3) is 6.41. The van der Waals surface area contributed by atoms with Gasteiger partial charge in [-0.1, -0.05) is 45.0 Å². The fraction of sp³-hybridized carbons (Fsp3) is 0.318. The lowest BCUT2D eigenvalue weighted by Crippen LogP contribution is -2.48. The molecule has 6 nitrogen and oxygen atoms in total. The van der Waals surface area contributed by atoms with E-state index in [-0.39, 0.29) is 11.5 Å². The zero-order valence-corrected chi connectivity index (χ0v) is 16.8. The SMILES string of the molecule is CCCOc1ccccc1C=NNC(=O)C(NC(=O)c1ccccc1F)C(C)C. The van der Waals surface area contributed by atoms with Gasteiger partial charge in [-0.2, -0.15) is 5.10 Å². The van der Waals surface area contributed by atoms with E-state index in [1.54, 1.807) is 19.9 Å². The lowest BCUT2D eigenvalue weighted by atomic mass is 10.0. The first-order valence-corrected chi connectivity index (χ1v) is 9.54. The summed E-state index contributed by atoms with van der Waals surface area (Å²) < 4.78 is 19.5. The summed E-state index contributed by atoms with van der Waals surface area (Å²) in [5.74, 6) is -1.34. The van der Waals surface area contributed by atoms with Crippen LogP contribution in [0.5, 0.6) is 5.75 Å². The number of hydrazone groups is 1. The topological polar surface area (TPSA) is 79.8 Å². The van der Waals surface area contributed by atoms with Gasteiger partial charge in [-0.05, 0) is 36.6 Å². The molecule has 1 atom stereocenters. The van der Waals surface area contributed by atoms with Crippen LogP contribution in [0, 0.1) is 11.7 Å². The summed E-state index contributed by atoms with van der Waals surface area (Å²) in [5, 5.41) is 6.55. The summed E-state index contributed by atoms with van der Waals surface area (Å²) in [5.41, 5.74) is 3.04. The van der Waals surface area contributed by atoms with E-state index in [1.165, 1.54) is 24.4 Å². The Morgan fingerprint density at radius 1 is 1.14 bits per heavy atom. The predicted octanol–water partition coefficient (Wildman–Crippen LogP) is 3.52. The number of halogens is 1. The number of nitrogens with zero attached hydrogens (tertiary/aromatic N) is 1. The highest BCUT2D eigenvalue weighted by atomic mass is 19.1. The second-order valence-corrected chi connectivity index (χ2v) is 6.80. The first-order chi connectivity index (χ1) is 13.9. The standard InChI is InChI=1S/C22H26FN3O3/c1-4-13-29-19-12-8-5-9-16(19)14-24-26-22(28)20(15(2)3)25-21(27)17-10-6-7-11-18(17)23/h5-12,14-15,20H,4,13H2,1-3H3,(H,25,27)(H,26,28). The van der Waals surface area contributed by atoms with Crippen LogP contribution < -0.4 is 15.5 Å². The Bertz CT molecular complexity index is 868. The van der Waals surface area contributed by atoms with Gasteiger partial charge in [-0.3, -0.25) is 9.59 Å². The molecule has 29 heavy (non-hydrogen) atoms. The summed E-state index contributed by atoms with van der Waals surface area (Å²) in [6.45, 7) is 6.15. The number of rotatable bonds is 9. The van der Waals surface area contributed by atoms with Crippen LogP contribution in [-0.4, -0.2) is 30.7 Å². The van der Waals surface area contributed by atoms with Gasteiger partial charge in [0.1, 0.15) is 17.6 Å². The van der Waals surface area contributed by atoms with Crippen LogP contribution in [0.15, 0.2) is 53.6 Å². The van der Waals surface area contributed by atoms with E-state index in [0.717, 1.165) is 12.0 Å². The van der Waals surface area contributed by atoms with E-state index in [4.69, 9.17) is 4.74 Å². The molecule has 154 valence electrons. The maximum absolute atomic E-state index is 13.8. The van der Waals surface area contributed by atoms with E-state index in [9.17, 15) is 14.0 Å². The molecule has 0 aliphatic rings. The fourth-order valence-corrected chi connectivity index (χ4v) is 2.56. The molecule has 0 saturated heterocycles. The Labute approximate surface area is 170 Å². The lowest BCUT2D eigenvalue weighted by molar-refractivity contribution is -0.123. The molecule has 0 aromatic heterocycles. The minimum Gasteiger partial charge on any atom is -0.493 e. The van der Waals surface area contributed by atoms with E-state index in [1.807, 2.05) is 31.2 Å². The Kier molecular flexibility index (Phi) is 8.33. The molecule has 2 rings (SSSR count). The second kappa shape index (κ2) is 10.9. The van der Waals surface area contributed by atoms with Crippen molar-refractivity contribution in [1.82, 2.24) is 10.7 Å². The number of carbonyl (C=O) groups excluding carboxylic acids is 2. The van der Waals surface area contributed by atoms with Crippen LogP contribution in [0.2, 0.25) is 0 Å². The number of hydrogen-bond donors (Lipinski definition) is 2. The van der Waals surface area contributed by atoms with Crippen molar-refractivity contribution in [2.45, 2.75) is 33.2 Å². The molecule has 0 spiro atoms. The summed E-state index contributed by atoms with van der Waals surface area (Å²) in [6, 6.07) is 12.1. The molecule has 2 aromatic rings. The molecule has 2 amide bonds. The molecule has 0 fully saturated rings. The van der Waals surface area contributed by atoms with Crippen LogP contribution in [0.3, 0.4) is 0 Å². The van der Waals surface area contributed by atoms with Gasteiger partial charge in [-0.25, -0.2) is 9.82 Å². The zero-order chi connectivity index (χ0) is 21.2. The minimum absolute atomic E-state index is 0.114. The first-order valence-electron chi connectivity index (χ1n) is 9.54. The molecule has 1 unspecified atom stereocenters. The molecule has 0 bridgehead atoms. The first kappa shape index (κ1) is 22.1. The third-order valence-corrected chi connectivity index (χ3v) is 4.11. The normalized spacial score (nSPS) is 12.0. The lowest BCUT2D eigenvalue weighted by Gasteiger charge is -2.20. The van der Waals surface area contributed by atoms with E-state index < -0.39 is 23.7 Å². The van der Waals surface area contributed by atoms with Crippen molar-refractivity contribution in [3.8, 4) is 5.75 Å². The quantitative estimate of drug-likeness (QED) is 0.500. The van der Waals surface area contributed by atoms with Gasteiger partial charge >= 0.3 is 0 Å². The Balaban J connectivity index is 2.04. The van der Waals surface area contributed by atoms with Gasteiger partial charge in [0.15, 0.2) is 0 Å². The molecular weight excluding hydrogens is 373 g/mol. The maximum atomic E-state index is 13.8. The molecule has 0 aliphatic heterocycles. The Morgan fingerprint density at radius 2 is 1.83 bits per heavy atom. The number of para-hydroxylation sites is 1. The highest BCUT2D eigenvalue weighted by Gasteiger charge is 2.25. The van der Waals surface area contributed by atoms with Crippen LogP contribution >= 0.6 is 0 Å². The summed E-state index contributed by atoms with van der Waals surface area (Å²) in [6.07, 6.45) is 2.36. The molecule has 0 heterocycles. The monoisotopic (exact) mass is 399 g/mol. The molecule has 2 aromatic carbocycles. The Hall–Kier alpha value is -3.22. The van der Waals surface area contributed by atoms with Gasteiger partial charge in [0.2, 0.25) is 0 Å². The molecule has 0 radical (unpaired) electrons. The van der Waals surface area contributed by atoms with Crippen LogP contribution in [0.4, 0.5) is 4.39 Å². The van der Waals surface area contributed by atoms with Crippen molar-refractivity contribution >= 4 is 18.0 Å². The van der Waals surface area contributed by atoms with Gasteiger partial charge in [0.05, 0.1) is 18.4 Å². The third-order valence-electron chi connectivity index (χ3n) is 4.11. The van der Waals surface area contributed by atoms with Crippen LogP contribution in [-0.2, 0) is 4.79 Å². The summed E-state index contributed by atoms with van der Waals surface area (Å²) in [4.78, 5) is 24.9. The second-order valence-electron chi connectivity index (χ2n) is 6.80. The van der Waals surface area contributed by atoms with Crippen molar-refractivity contribution in [3.63, 3.8) is 0 Å². The van der Waals surface area contributed by atoms with Crippen molar-refractivity contribution in [1.29, 1.82) is 0 Å². The number of hydrogen-bond acceptors (Lipinski definition) is 4. The van der Waals surface area contributed by atoms with Crippen molar-refractivity contribution in [2.75, 3.05) is 6.61 Å². The molecular formula is C22H26FN3O3. The number of nitrogens with one attached hydrogen (secondary N) is 2. The summed E-state index contributed by atoms with van der Waals surface area (Å²) >= 11 is 0. The average Bonchev–Trinajstić information content (AvgIpc) is 2.71. The van der Waals surface area contributed by atoms with E-state index >= 15 is 0 Å². The van der Waals surface area contributed by atoms with Crippen molar-refractivity contribution in [2.24, 2.45) is 11.0 Å². The number of carbonyl (C=O) groups is 2. The van der Waals surface area contributed by atoms with Gasteiger partial charge in [-0.15, -0.1) is 0 Å². The Morgan fingerprint density at radius 3 is 2.52 bits per heavy atom. The van der Waals surface area contributed by atoms with Gasteiger partial charge in [0, 0.05) is 5.56 Å². The molecule has 7 heteroatoms. The zero-order valence-electron chi connectivity index (χ0n) is 16.8. The van der Waals surface area contributed by atoms with E-state index in [0.29, 0.717) is 12.4 Å². The number of ether oxygens (including phenoxy) is 1. The van der Waals surface area contributed by atoms with E-state index in [2.05, 4.69) is 15.8 Å². The fourth-order valence-electron chi connectivity index (χ4n) is 2.56. The predicted molar refractivity (Wildman–Crippen MR) is 110 cm³/mol. The smallest absolute Gasteiger partial charge is 0.262 e. The average molecular weight is 399 g/mol. The van der Waals surface area contributed by atoms with Gasteiger partial charge in [0.25, 0.3) is 11.8 Å². The number of benzene rings is 2. The minimum atomic E-state index is -0.870. The highest BCUT2D eigenvalue weighted by molar-refractivity contribution is 5.98. The van der Waals surface area contributed by atoms with Crippen LogP contribution in [0.25, 0.3) is 0 Å². The maximum Gasteiger partial charge on any atom is 0.262 e. The highest BCUT2D eigenvalue weighted by Crippen LogP contribution is 2.16. The largest absolute Gasteiger partial charge is 0.493 e. The van der Waals surface area contributed by atoms with Crippen LogP contribution in [0.1, 0.15) is 43.1 Å². The number of amides is 2. The summed E-state index contributed by atoms with van der Waals surface area (Å²) in [7, 11) is 0. The van der Waals surface area contributed by atoms with Crippen molar-refractivity contribution < 1.29 is 18.7 Å². The van der Waals surface area contributed by atoms with Crippen molar-refractivity contribution in [3.05, 3.63) is 65.5 Å². The molecule has 0 saturated carbocycles. The molecule has 0 aliphatic carbocycles. The molecule has 2 N–H and O–H groups in total. The van der Waals surface area contributed by atoms with Gasteiger partial charge < -0.3 is 10.1 Å².